The Bertz CT molecular complexity index is 1070. The third kappa shape index (κ3) is 5.39. The summed E-state index contributed by atoms with van der Waals surface area (Å²) in [6.45, 7) is 1.87. The molecule has 2 aromatic carbocycles. The smallest absolute Gasteiger partial charge is 0.276 e. The van der Waals surface area contributed by atoms with Crippen molar-refractivity contribution in [2.24, 2.45) is 5.92 Å². The molecule has 8 heteroatoms. The highest BCUT2D eigenvalue weighted by molar-refractivity contribution is 6.03. The number of carbonyl (C=O) groups is 1. The Kier molecular flexibility index (Phi) is 7.47. The molecule has 0 radical (unpaired) electrons. The van der Waals surface area contributed by atoms with Crippen LogP contribution in [0.1, 0.15) is 28.9 Å². The third-order valence-electron chi connectivity index (χ3n) is 6.11. The van der Waals surface area contributed by atoms with Crippen molar-refractivity contribution in [2.45, 2.75) is 19.3 Å². The summed E-state index contributed by atoms with van der Waals surface area (Å²) in [7, 11) is 4.58. The van der Waals surface area contributed by atoms with E-state index in [2.05, 4.69) is 50.7 Å². The minimum Gasteiger partial charge on any atom is -0.493 e. The molecule has 1 amide bonds. The highest BCUT2D eigenvalue weighted by Gasteiger charge is 2.21. The number of ether oxygens (including phenoxy) is 3. The third-order valence-corrected chi connectivity index (χ3v) is 6.11. The summed E-state index contributed by atoms with van der Waals surface area (Å²) >= 11 is 0. The molecule has 0 atom stereocenters. The lowest BCUT2D eigenvalue weighted by atomic mass is 9.90. The van der Waals surface area contributed by atoms with Crippen LogP contribution >= 0.6 is 0 Å². The van der Waals surface area contributed by atoms with Crippen LogP contribution in [0.15, 0.2) is 54.6 Å². The second kappa shape index (κ2) is 10.9. The molecule has 0 aliphatic carbocycles. The summed E-state index contributed by atoms with van der Waals surface area (Å²) in [5, 5.41) is 11.3. The topological polar surface area (TPSA) is 85.8 Å². The number of amides is 1. The van der Waals surface area contributed by atoms with Crippen LogP contribution in [0.3, 0.4) is 0 Å². The van der Waals surface area contributed by atoms with Gasteiger partial charge in [-0.25, -0.2) is 0 Å². The molecule has 1 aromatic heterocycles. The van der Waals surface area contributed by atoms with Crippen molar-refractivity contribution >= 4 is 17.4 Å². The molecule has 1 fully saturated rings. The van der Waals surface area contributed by atoms with Crippen molar-refractivity contribution in [3.63, 3.8) is 0 Å². The quantitative estimate of drug-likeness (QED) is 0.537. The molecule has 4 rings (SSSR count). The Labute approximate surface area is 199 Å². The maximum Gasteiger partial charge on any atom is 0.276 e. The predicted octanol–water partition coefficient (Wildman–Crippen LogP) is 4.21. The molecule has 0 spiro atoms. The van der Waals surface area contributed by atoms with Crippen molar-refractivity contribution in [1.29, 1.82) is 0 Å². The van der Waals surface area contributed by atoms with E-state index in [4.69, 9.17) is 14.2 Å². The summed E-state index contributed by atoms with van der Waals surface area (Å²) in [6.07, 6.45) is 3.33. The number of anilines is 2. The van der Waals surface area contributed by atoms with Crippen LogP contribution in [0.5, 0.6) is 17.2 Å². The van der Waals surface area contributed by atoms with Gasteiger partial charge in [0.15, 0.2) is 23.0 Å². The summed E-state index contributed by atoms with van der Waals surface area (Å²) < 4.78 is 16.0. The van der Waals surface area contributed by atoms with Crippen molar-refractivity contribution in [1.82, 2.24) is 10.2 Å². The van der Waals surface area contributed by atoms with E-state index < -0.39 is 0 Å². The first-order chi connectivity index (χ1) is 16.6. The van der Waals surface area contributed by atoms with E-state index in [9.17, 15) is 4.79 Å². The van der Waals surface area contributed by atoms with Gasteiger partial charge < -0.3 is 24.4 Å². The van der Waals surface area contributed by atoms with Gasteiger partial charge in [-0.15, -0.1) is 10.2 Å². The molecule has 1 aliphatic heterocycles. The summed E-state index contributed by atoms with van der Waals surface area (Å²) in [5.74, 6) is 2.47. The Hall–Kier alpha value is -3.81. The maximum absolute atomic E-state index is 12.7. The average molecular weight is 463 g/mol. The average Bonchev–Trinajstić information content (AvgIpc) is 2.89. The Morgan fingerprint density at radius 1 is 0.941 bits per heavy atom. The van der Waals surface area contributed by atoms with E-state index >= 15 is 0 Å². The van der Waals surface area contributed by atoms with Gasteiger partial charge in [-0.05, 0) is 42.9 Å². The fourth-order valence-corrected chi connectivity index (χ4v) is 4.28. The molecular formula is C26H30N4O4. The molecule has 3 aromatic rings. The summed E-state index contributed by atoms with van der Waals surface area (Å²) in [4.78, 5) is 15.0. The molecule has 34 heavy (non-hydrogen) atoms. The normalized spacial score (nSPS) is 13.9. The Balaban J connectivity index is 1.36. The minimum atomic E-state index is -0.366. The number of carbonyl (C=O) groups excluding carboxylic acids is 1. The number of aromatic nitrogens is 2. The Morgan fingerprint density at radius 3 is 2.18 bits per heavy atom. The molecule has 1 aliphatic rings. The predicted molar refractivity (Wildman–Crippen MR) is 131 cm³/mol. The molecule has 1 saturated heterocycles. The molecular weight excluding hydrogens is 432 g/mol. The van der Waals surface area contributed by atoms with Gasteiger partial charge in [0.25, 0.3) is 5.91 Å². The van der Waals surface area contributed by atoms with Crippen LogP contribution in [0, 0.1) is 5.92 Å². The van der Waals surface area contributed by atoms with Crippen molar-refractivity contribution in [2.75, 3.05) is 44.6 Å². The lowest BCUT2D eigenvalue weighted by molar-refractivity contribution is 0.102. The zero-order valence-corrected chi connectivity index (χ0v) is 19.8. The van der Waals surface area contributed by atoms with Gasteiger partial charge in [-0.3, -0.25) is 4.79 Å². The molecule has 0 saturated carbocycles. The fourth-order valence-electron chi connectivity index (χ4n) is 4.28. The van der Waals surface area contributed by atoms with Crippen LogP contribution in [-0.4, -0.2) is 50.5 Å². The van der Waals surface area contributed by atoms with E-state index in [1.807, 2.05) is 6.07 Å². The van der Waals surface area contributed by atoms with Gasteiger partial charge in [-0.1, -0.05) is 30.3 Å². The van der Waals surface area contributed by atoms with Crippen LogP contribution < -0.4 is 24.4 Å². The second-order valence-corrected chi connectivity index (χ2v) is 8.27. The number of hydrogen-bond donors (Lipinski definition) is 1. The second-order valence-electron chi connectivity index (χ2n) is 8.27. The lowest BCUT2D eigenvalue weighted by Gasteiger charge is -2.32. The fraction of sp³-hybridized carbons (Fsp3) is 0.346. The molecule has 1 N–H and O–H groups in total. The number of piperidine rings is 1. The van der Waals surface area contributed by atoms with Gasteiger partial charge in [0, 0.05) is 30.9 Å². The highest BCUT2D eigenvalue weighted by atomic mass is 16.5. The lowest BCUT2D eigenvalue weighted by Crippen LogP contribution is -2.35. The first-order valence-corrected chi connectivity index (χ1v) is 11.3. The van der Waals surface area contributed by atoms with Crippen LogP contribution in [0.4, 0.5) is 11.5 Å². The number of hydrogen-bond acceptors (Lipinski definition) is 7. The van der Waals surface area contributed by atoms with E-state index in [0.717, 1.165) is 38.2 Å². The van der Waals surface area contributed by atoms with E-state index in [-0.39, 0.29) is 11.6 Å². The molecule has 0 bridgehead atoms. The molecule has 2 heterocycles. The standard InChI is InChI=1S/C26H30N4O4/c1-32-22-16-20(17-23(33-2)25(22)34-3)27-26(31)21-9-10-24(29-28-21)30-13-11-19(12-14-30)15-18-7-5-4-6-8-18/h4-10,16-17,19H,11-15H2,1-3H3,(H,27,31). The molecule has 178 valence electrons. The van der Waals surface area contributed by atoms with Gasteiger partial charge in [-0.2, -0.15) is 0 Å². The first-order valence-electron chi connectivity index (χ1n) is 11.3. The van der Waals surface area contributed by atoms with Gasteiger partial charge in [0.1, 0.15) is 0 Å². The number of rotatable bonds is 8. The van der Waals surface area contributed by atoms with E-state index in [1.54, 1.807) is 18.2 Å². The Morgan fingerprint density at radius 2 is 1.62 bits per heavy atom. The summed E-state index contributed by atoms with van der Waals surface area (Å²) in [6, 6.07) is 17.5. The van der Waals surface area contributed by atoms with Gasteiger partial charge in [0.05, 0.1) is 21.3 Å². The monoisotopic (exact) mass is 462 g/mol. The largest absolute Gasteiger partial charge is 0.493 e. The number of benzene rings is 2. The van der Waals surface area contributed by atoms with Gasteiger partial charge in [0.2, 0.25) is 5.75 Å². The summed E-state index contributed by atoms with van der Waals surface area (Å²) in [5.41, 5.74) is 2.13. The van der Waals surface area contributed by atoms with E-state index in [1.165, 1.54) is 26.9 Å². The zero-order valence-electron chi connectivity index (χ0n) is 19.8. The van der Waals surface area contributed by atoms with Crippen LogP contribution in [-0.2, 0) is 6.42 Å². The highest BCUT2D eigenvalue weighted by Crippen LogP contribution is 2.40. The number of nitrogens with one attached hydrogen (secondary N) is 1. The van der Waals surface area contributed by atoms with Crippen molar-refractivity contribution in [3.05, 3.63) is 65.9 Å². The SMILES string of the molecule is COc1cc(NC(=O)c2ccc(N3CCC(Cc4ccccc4)CC3)nn2)cc(OC)c1OC. The number of methoxy groups -OCH3 is 3. The van der Waals surface area contributed by atoms with Crippen LogP contribution in [0.25, 0.3) is 0 Å². The minimum absolute atomic E-state index is 0.233. The van der Waals surface area contributed by atoms with Gasteiger partial charge >= 0.3 is 0 Å². The van der Waals surface area contributed by atoms with Crippen molar-refractivity contribution in [3.8, 4) is 17.2 Å². The maximum atomic E-state index is 12.7. The van der Waals surface area contributed by atoms with Crippen molar-refractivity contribution < 1.29 is 19.0 Å². The first kappa shape index (κ1) is 23.4. The van der Waals surface area contributed by atoms with E-state index in [0.29, 0.717) is 28.9 Å². The molecule has 0 unspecified atom stereocenters. The molecule has 8 nitrogen and oxygen atoms in total. The number of nitrogens with zero attached hydrogens (tertiary/aromatic N) is 3. The zero-order chi connectivity index (χ0) is 23.9. The van der Waals surface area contributed by atoms with Crippen LogP contribution in [0.2, 0.25) is 0 Å².